The number of benzene rings is 1. The Balaban J connectivity index is 2.17. The van der Waals surface area contributed by atoms with Gasteiger partial charge in [0.2, 0.25) is 5.91 Å². The smallest absolute Gasteiger partial charge is 0.322 e. The molecule has 1 aromatic carbocycles. The van der Waals surface area contributed by atoms with Crippen molar-refractivity contribution in [1.82, 2.24) is 10.3 Å². The van der Waals surface area contributed by atoms with E-state index in [1.807, 2.05) is 0 Å². The van der Waals surface area contributed by atoms with Crippen molar-refractivity contribution in [1.29, 1.82) is 0 Å². The average Bonchev–Trinajstić information content (AvgIpc) is 3.09. The normalized spacial score (nSPS) is 19.0. The van der Waals surface area contributed by atoms with Crippen molar-refractivity contribution >= 4 is 34.9 Å². The van der Waals surface area contributed by atoms with Crippen molar-refractivity contribution in [3.05, 3.63) is 51.4 Å². The fourth-order valence-electron chi connectivity index (χ4n) is 2.65. The molecule has 9 heteroatoms. The van der Waals surface area contributed by atoms with Gasteiger partial charge >= 0.3 is 5.97 Å². The predicted octanol–water partition coefficient (Wildman–Crippen LogP) is -0.601. The Morgan fingerprint density at radius 2 is 2.04 bits per heavy atom. The Labute approximate surface area is 145 Å². The van der Waals surface area contributed by atoms with Crippen molar-refractivity contribution < 1.29 is 24.6 Å². The molecule has 8 nitrogen and oxygen atoms in total. The van der Waals surface area contributed by atoms with E-state index in [-0.39, 0.29) is 17.0 Å². The molecule has 0 aliphatic carbocycles. The summed E-state index contributed by atoms with van der Waals surface area (Å²) in [6, 6.07) is 6.39. The maximum Gasteiger partial charge on any atom is 0.322 e. The van der Waals surface area contributed by atoms with Crippen LogP contribution in [0.4, 0.5) is 0 Å². The van der Waals surface area contributed by atoms with Crippen LogP contribution in [0, 0.1) is 5.41 Å². The number of carbonyl (C=O) groups is 3. The molecule has 0 radical (unpaired) electrons. The summed E-state index contributed by atoms with van der Waals surface area (Å²) in [4.78, 5) is 44.2. The lowest BCUT2D eigenvalue weighted by Gasteiger charge is -2.29. The number of aliphatic hydroxyl groups excluding tert-OH is 1. The van der Waals surface area contributed by atoms with Crippen molar-refractivity contribution in [3.63, 3.8) is 0 Å². The molecular formula is C16H13N3O5S. The second-order valence-electron chi connectivity index (χ2n) is 5.42. The van der Waals surface area contributed by atoms with E-state index < -0.39 is 35.5 Å². The summed E-state index contributed by atoms with van der Waals surface area (Å²) in [7, 11) is 0. The zero-order valence-corrected chi connectivity index (χ0v) is 13.6. The summed E-state index contributed by atoms with van der Waals surface area (Å²) < 4.78 is 0. The number of fused-ring (bicyclic) bond motifs is 1. The molecule has 1 aromatic heterocycles. The van der Waals surface area contributed by atoms with Crippen LogP contribution in [0.1, 0.15) is 5.69 Å². The number of hydrogen-bond acceptors (Lipinski definition) is 6. The summed E-state index contributed by atoms with van der Waals surface area (Å²) in [5.74, 6) is -3.51. The number of nitrogens with one attached hydrogen (secondary N) is 1. The second kappa shape index (κ2) is 6.44. The number of rotatable bonds is 5. The number of amides is 2. The number of carboxylic acids is 1. The molecule has 1 atom stereocenters. The number of carbonyl (C=O) groups excluding carboxylic acids is 2. The highest BCUT2D eigenvalue weighted by molar-refractivity contribution is 7.07. The number of carboxylic acid groups (broad SMARTS) is 1. The molecule has 1 unspecified atom stereocenters. The van der Waals surface area contributed by atoms with Crippen LogP contribution < -0.4 is 15.9 Å². The van der Waals surface area contributed by atoms with Crippen LogP contribution in [-0.4, -0.2) is 39.5 Å². The fourth-order valence-corrected chi connectivity index (χ4v) is 3.21. The minimum absolute atomic E-state index is 0.218. The largest absolute Gasteiger partial charge is 0.510 e. The molecule has 0 fully saturated rings. The topological polar surface area (TPSA) is 129 Å². The Hall–Kier alpha value is -3.07. The molecule has 128 valence electrons. The van der Waals surface area contributed by atoms with E-state index in [2.05, 4.69) is 15.3 Å². The molecule has 0 saturated carbocycles. The van der Waals surface area contributed by atoms with E-state index in [1.165, 1.54) is 16.8 Å². The molecule has 2 heterocycles. The van der Waals surface area contributed by atoms with Gasteiger partial charge in [-0.25, -0.2) is 9.98 Å². The van der Waals surface area contributed by atoms with Gasteiger partial charge in [0.1, 0.15) is 12.3 Å². The van der Waals surface area contributed by atoms with Crippen molar-refractivity contribution in [2.75, 3.05) is 6.54 Å². The first-order chi connectivity index (χ1) is 11.9. The van der Waals surface area contributed by atoms with Crippen LogP contribution in [0.15, 0.2) is 40.1 Å². The number of para-hydroxylation sites is 1. The monoisotopic (exact) mass is 359 g/mol. The van der Waals surface area contributed by atoms with Crippen molar-refractivity contribution in [3.8, 4) is 0 Å². The number of aliphatic carboxylic acids is 1. The zero-order valence-electron chi connectivity index (χ0n) is 12.8. The second-order valence-corrected chi connectivity index (χ2v) is 6.14. The van der Waals surface area contributed by atoms with Crippen LogP contribution in [0.2, 0.25) is 0 Å². The zero-order chi connectivity index (χ0) is 18.0. The third-order valence-electron chi connectivity index (χ3n) is 3.87. The van der Waals surface area contributed by atoms with Crippen LogP contribution in [-0.2, 0) is 20.8 Å². The van der Waals surface area contributed by atoms with E-state index in [0.717, 1.165) is 0 Å². The van der Waals surface area contributed by atoms with Gasteiger partial charge in [0, 0.05) is 17.0 Å². The SMILES string of the molecule is O=C(O)CNC(=O)C1(Cc2cscn2)C(=O)N=c2ccccc2=C1O. The molecular weight excluding hydrogens is 346 g/mol. The number of nitrogens with zero attached hydrogens (tertiary/aromatic N) is 2. The van der Waals surface area contributed by atoms with Crippen molar-refractivity contribution in [2.24, 2.45) is 10.4 Å². The Bertz CT molecular complexity index is 970. The first kappa shape index (κ1) is 16.8. The number of thiazole rings is 1. The van der Waals surface area contributed by atoms with Crippen LogP contribution in [0.25, 0.3) is 5.76 Å². The number of aromatic nitrogens is 1. The third-order valence-corrected chi connectivity index (χ3v) is 4.50. The minimum Gasteiger partial charge on any atom is -0.510 e. The molecule has 1 aliphatic rings. The van der Waals surface area contributed by atoms with Gasteiger partial charge in [-0.15, -0.1) is 11.3 Å². The van der Waals surface area contributed by atoms with E-state index in [0.29, 0.717) is 5.69 Å². The van der Waals surface area contributed by atoms with Crippen molar-refractivity contribution in [2.45, 2.75) is 6.42 Å². The molecule has 25 heavy (non-hydrogen) atoms. The predicted molar refractivity (Wildman–Crippen MR) is 87.2 cm³/mol. The number of aliphatic hydroxyl groups is 1. The van der Waals surface area contributed by atoms with E-state index >= 15 is 0 Å². The lowest BCUT2D eigenvalue weighted by molar-refractivity contribution is -0.143. The quantitative estimate of drug-likeness (QED) is 0.612. The lowest BCUT2D eigenvalue weighted by Crippen LogP contribution is -2.55. The molecule has 3 N–H and O–H groups in total. The molecule has 2 aromatic rings. The van der Waals surface area contributed by atoms with Gasteiger partial charge in [-0.1, -0.05) is 12.1 Å². The highest BCUT2D eigenvalue weighted by atomic mass is 32.1. The average molecular weight is 359 g/mol. The summed E-state index contributed by atoms with van der Waals surface area (Å²) in [5, 5.41) is 23.9. The van der Waals surface area contributed by atoms with Gasteiger partial charge in [-0.3, -0.25) is 14.4 Å². The van der Waals surface area contributed by atoms with Crippen LogP contribution in [0.5, 0.6) is 0 Å². The standard InChI is InChI=1S/C16H13N3O5S/c20-12(21)6-17-14(23)16(5-9-7-25-8-18-9)13(22)10-3-1-2-4-11(10)19-15(16)24/h1-4,7-8,22H,5-6H2,(H,17,23)(H,20,21). The maximum absolute atomic E-state index is 12.7. The molecule has 0 spiro atoms. The summed E-state index contributed by atoms with van der Waals surface area (Å²) in [6.45, 7) is -0.681. The van der Waals surface area contributed by atoms with E-state index in [1.54, 1.807) is 29.6 Å². The van der Waals surface area contributed by atoms with E-state index in [4.69, 9.17) is 5.11 Å². The van der Waals surface area contributed by atoms with Gasteiger partial charge in [-0.2, -0.15) is 0 Å². The summed E-state index contributed by atoms with van der Waals surface area (Å²) >= 11 is 1.28. The molecule has 2 amide bonds. The first-order valence-electron chi connectivity index (χ1n) is 7.24. The van der Waals surface area contributed by atoms with Gasteiger partial charge < -0.3 is 15.5 Å². The Morgan fingerprint density at radius 3 is 2.72 bits per heavy atom. The fraction of sp³-hybridized carbons (Fsp3) is 0.188. The number of hydrogen-bond donors (Lipinski definition) is 3. The van der Waals surface area contributed by atoms with Gasteiger partial charge in [0.15, 0.2) is 5.41 Å². The Kier molecular flexibility index (Phi) is 4.32. The third kappa shape index (κ3) is 2.89. The van der Waals surface area contributed by atoms with E-state index in [9.17, 15) is 19.5 Å². The van der Waals surface area contributed by atoms with Gasteiger partial charge in [0.25, 0.3) is 5.91 Å². The van der Waals surface area contributed by atoms with Gasteiger partial charge in [-0.05, 0) is 12.1 Å². The minimum atomic E-state index is -2.04. The molecule has 0 saturated heterocycles. The first-order valence-corrected chi connectivity index (χ1v) is 8.18. The van der Waals surface area contributed by atoms with Crippen LogP contribution >= 0.6 is 11.3 Å². The van der Waals surface area contributed by atoms with Crippen LogP contribution in [0.3, 0.4) is 0 Å². The summed E-state index contributed by atoms with van der Waals surface area (Å²) in [5.41, 5.74) is -0.0872. The Morgan fingerprint density at radius 1 is 1.28 bits per heavy atom. The highest BCUT2D eigenvalue weighted by Gasteiger charge is 2.52. The maximum atomic E-state index is 12.7. The molecule has 3 rings (SSSR count). The molecule has 0 bridgehead atoms. The molecule has 1 aliphatic heterocycles. The lowest BCUT2D eigenvalue weighted by atomic mass is 9.77. The highest BCUT2D eigenvalue weighted by Crippen LogP contribution is 2.33. The summed E-state index contributed by atoms with van der Waals surface area (Å²) in [6.07, 6.45) is -0.218. The van der Waals surface area contributed by atoms with Gasteiger partial charge in [0.05, 0.1) is 16.6 Å².